The molecule has 0 N–H and O–H groups in total. The number of ether oxygens (including phenoxy) is 7. The number of benzene rings is 4. The molecule has 4 aromatic carbocycles. The number of carbonyl (C=O) groups is 2. The minimum absolute atomic E-state index is 0.0604. The molecule has 2 aliphatic rings. The standard InChI is InChI=1S/C54H74N2O9/c1-37-15-16-40(33-49(37)60-7)31-46-44-30-39(3)38(2)29-42(44)19-23-55(46,4)25-21-53(57)64-27-13-11-12-14-28-65-54(58)22-26-56(5)24-20-43-35-51(62-9)52(63-10)36-45(43)47(56)32-41-17-18-48(59-6)50(34-41)61-8/h15-18,29-30,33-36,46-47H,11-14,19-28,31-32H2,1-10H3/q+2/t46-,47-,55?,56-/m1/s1. The number of unbranched alkanes of at least 4 members (excludes halogenated alkanes) is 3. The third kappa shape index (κ3) is 12.0. The molecular formula is C54H74N2O9+2. The van der Waals surface area contributed by atoms with Crippen molar-refractivity contribution in [1.82, 2.24) is 0 Å². The van der Waals surface area contributed by atoms with E-state index in [-0.39, 0.29) is 24.0 Å². The second-order valence-electron chi connectivity index (χ2n) is 18.7. The molecule has 11 heteroatoms. The molecule has 4 atom stereocenters. The predicted molar refractivity (Wildman–Crippen MR) is 254 cm³/mol. The maximum absolute atomic E-state index is 13.2. The molecule has 0 aliphatic carbocycles. The molecule has 0 aromatic heterocycles. The number of hydrogen-bond donors (Lipinski definition) is 0. The van der Waals surface area contributed by atoms with Crippen molar-refractivity contribution in [3.63, 3.8) is 0 Å². The number of quaternary nitrogens is 2. The van der Waals surface area contributed by atoms with Crippen molar-refractivity contribution < 1.29 is 51.7 Å². The number of rotatable bonds is 22. The number of esters is 2. The van der Waals surface area contributed by atoms with Crippen LogP contribution in [0.2, 0.25) is 0 Å². The molecule has 65 heavy (non-hydrogen) atoms. The van der Waals surface area contributed by atoms with Gasteiger partial charge in [0.25, 0.3) is 0 Å². The summed E-state index contributed by atoms with van der Waals surface area (Å²) in [5.74, 6) is 3.38. The lowest BCUT2D eigenvalue weighted by Crippen LogP contribution is -2.53. The molecule has 6 rings (SSSR count). The molecule has 0 amide bonds. The molecule has 0 saturated carbocycles. The maximum Gasteiger partial charge on any atom is 0.311 e. The number of likely N-dealkylation sites (N-methyl/N-ethyl adjacent to an activating group) is 2. The van der Waals surface area contributed by atoms with Gasteiger partial charge < -0.3 is 42.1 Å². The molecule has 352 valence electrons. The topological polar surface area (TPSA) is 98.8 Å². The minimum Gasteiger partial charge on any atom is -0.496 e. The van der Waals surface area contributed by atoms with Crippen molar-refractivity contribution in [2.45, 2.75) is 97.1 Å². The third-order valence-electron chi connectivity index (χ3n) is 14.4. The van der Waals surface area contributed by atoms with E-state index >= 15 is 0 Å². The molecule has 11 nitrogen and oxygen atoms in total. The predicted octanol–water partition coefficient (Wildman–Crippen LogP) is 9.36. The Morgan fingerprint density at radius 1 is 0.508 bits per heavy atom. The van der Waals surface area contributed by atoms with Crippen LogP contribution in [0, 0.1) is 20.8 Å². The summed E-state index contributed by atoms with van der Waals surface area (Å²) in [6, 6.07) is 21.8. The fourth-order valence-electron chi connectivity index (χ4n) is 10.0. The van der Waals surface area contributed by atoms with Gasteiger partial charge in [-0.2, -0.15) is 0 Å². The van der Waals surface area contributed by atoms with E-state index in [4.69, 9.17) is 33.2 Å². The zero-order valence-corrected chi connectivity index (χ0v) is 40.8. The van der Waals surface area contributed by atoms with E-state index in [1.54, 1.807) is 35.5 Å². The van der Waals surface area contributed by atoms with E-state index < -0.39 is 0 Å². The highest BCUT2D eigenvalue weighted by Gasteiger charge is 2.41. The van der Waals surface area contributed by atoms with E-state index in [1.807, 2.05) is 12.1 Å². The monoisotopic (exact) mass is 895 g/mol. The Morgan fingerprint density at radius 3 is 1.49 bits per heavy atom. The van der Waals surface area contributed by atoms with E-state index in [9.17, 15) is 9.59 Å². The summed E-state index contributed by atoms with van der Waals surface area (Å²) in [6.07, 6.45) is 7.51. The highest BCUT2D eigenvalue weighted by Crippen LogP contribution is 2.44. The highest BCUT2D eigenvalue weighted by molar-refractivity contribution is 5.69. The maximum atomic E-state index is 13.2. The zero-order chi connectivity index (χ0) is 46.7. The van der Waals surface area contributed by atoms with Gasteiger partial charge in [0, 0.05) is 36.8 Å². The number of fused-ring (bicyclic) bond motifs is 2. The number of carbonyl (C=O) groups excluding carboxylic acids is 2. The van der Waals surface area contributed by atoms with Gasteiger partial charge in [0.05, 0.1) is 102 Å². The quantitative estimate of drug-likeness (QED) is 0.0435. The zero-order valence-electron chi connectivity index (χ0n) is 40.8. The molecule has 0 saturated heterocycles. The average Bonchev–Trinajstić information content (AvgIpc) is 3.31. The average molecular weight is 895 g/mol. The lowest BCUT2D eigenvalue weighted by Gasteiger charge is -2.46. The number of hydrogen-bond acceptors (Lipinski definition) is 9. The summed E-state index contributed by atoms with van der Waals surface area (Å²) in [5.41, 5.74) is 11.4. The molecule has 2 aliphatic heterocycles. The smallest absolute Gasteiger partial charge is 0.311 e. The van der Waals surface area contributed by atoms with Crippen LogP contribution in [0.4, 0.5) is 0 Å². The largest absolute Gasteiger partial charge is 0.496 e. The molecule has 0 spiro atoms. The van der Waals surface area contributed by atoms with Crippen molar-refractivity contribution >= 4 is 11.9 Å². The third-order valence-corrected chi connectivity index (χ3v) is 14.4. The highest BCUT2D eigenvalue weighted by atomic mass is 16.5. The first-order chi connectivity index (χ1) is 31.2. The Morgan fingerprint density at radius 2 is 0.954 bits per heavy atom. The van der Waals surface area contributed by atoms with Gasteiger partial charge >= 0.3 is 11.9 Å². The summed E-state index contributed by atoms with van der Waals surface area (Å²) in [6.45, 7) is 10.4. The number of aryl methyl sites for hydroxylation is 3. The summed E-state index contributed by atoms with van der Waals surface area (Å²) < 4.78 is 41.2. The van der Waals surface area contributed by atoms with Crippen LogP contribution in [0.15, 0.2) is 60.7 Å². The molecule has 4 aromatic rings. The molecule has 0 bridgehead atoms. The van der Waals surface area contributed by atoms with E-state index in [0.29, 0.717) is 54.3 Å². The summed E-state index contributed by atoms with van der Waals surface area (Å²) >= 11 is 0. The van der Waals surface area contributed by atoms with Crippen LogP contribution in [-0.4, -0.2) is 110 Å². The van der Waals surface area contributed by atoms with E-state index in [2.05, 4.69) is 83.4 Å². The van der Waals surface area contributed by atoms with Crippen molar-refractivity contribution in [2.75, 3.05) is 89.0 Å². The van der Waals surface area contributed by atoms with Crippen LogP contribution in [0.5, 0.6) is 28.7 Å². The normalized spacial score (nSPS) is 20.0. The van der Waals surface area contributed by atoms with Gasteiger partial charge in [-0.25, -0.2) is 0 Å². The van der Waals surface area contributed by atoms with Gasteiger partial charge in [0.15, 0.2) is 23.0 Å². The van der Waals surface area contributed by atoms with Crippen molar-refractivity contribution in [3.05, 3.63) is 111 Å². The lowest BCUT2D eigenvalue weighted by molar-refractivity contribution is -0.940. The van der Waals surface area contributed by atoms with Crippen LogP contribution < -0.4 is 23.7 Å². The minimum atomic E-state index is -0.180. The van der Waals surface area contributed by atoms with Crippen molar-refractivity contribution in [3.8, 4) is 28.7 Å². The van der Waals surface area contributed by atoms with Gasteiger partial charge in [-0.1, -0.05) is 24.3 Å². The van der Waals surface area contributed by atoms with Crippen LogP contribution in [0.1, 0.15) is 101 Å². The Kier molecular flexibility index (Phi) is 16.9. The number of methoxy groups -OCH3 is 5. The van der Waals surface area contributed by atoms with E-state index in [0.717, 1.165) is 98.1 Å². The molecule has 0 fully saturated rings. The fraction of sp³-hybridized carbons (Fsp3) is 0.519. The Balaban J connectivity index is 0.948. The van der Waals surface area contributed by atoms with Crippen LogP contribution >= 0.6 is 0 Å². The van der Waals surface area contributed by atoms with Gasteiger partial charge in [-0.15, -0.1) is 0 Å². The van der Waals surface area contributed by atoms with Gasteiger partial charge in [0.2, 0.25) is 0 Å². The van der Waals surface area contributed by atoms with Gasteiger partial charge in [-0.3, -0.25) is 9.59 Å². The lowest BCUT2D eigenvalue weighted by atomic mass is 9.84. The Hall–Kier alpha value is -5.26. The van der Waals surface area contributed by atoms with Crippen LogP contribution in [-0.2, 0) is 44.7 Å². The van der Waals surface area contributed by atoms with Gasteiger partial charge in [-0.05, 0) is 122 Å². The van der Waals surface area contributed by atoms with E-state index in [1.165, 1.54) is 38.9 Å². The number of nitrogens with zero attached hydrogens (tertiary/aromatic N) is 2. The second-order valence-corrected chi connectivity index (χ2v) is 18.7. The SMILES string of the molecule is COc1cc(C[C@@H]2c3cc(C)c(C)cc3CC[N+]2(C)CCC(=O)OCCCCCCOC(=O)CC[N@@+]2(C)CCc3cc(OC)c(OC)cc3[C@H]2Cc2ccc(OC)c(OC)c2)ccc1C. The molecule has 0 radical (unpaired) electrons. The molecular weight excluding hydrogens is 821 g/mol. The first-order valence-electron chi connectivity index (χ1n) is 23.4. The summed E-state index contributed by atoms with van der Waals surface area (Å²) in [5, 5.41) is 0. The van der Waals surface area contributed by atoms with Crippen LogP contribution in [0.25, 0.3) is 0 Å². The fourth-order valence-corrected chi connectivity index (χ4v) is 10.0. The molecule has 2 heterocycles. The molecule has 1 unspecified atom stereocenters. The van der Waals surface area contributed by atoms with Gasteiger partial charge in [0.1, 0.15) is 17.8 Å². The Bertz CT molecular complexity index is 2280. The van der Waals surface area contributed by atoms with Crippen LogP contribution in [0.3, 0.4) is 0 Å². The summed E-state index contributed by atoms with van der Waals surface area (Å²) in [7, 11) is 12.9. The van der Waals surface area contributed by atoms with Crippen molar-refractivity contribution in [1.29, 1.82) is 0 Å². The Labute approximate surface area is 388 Å². The second kappa shape index (κ2) is 22.3. The van der Waals surface area contributed by atoms with Crippen molar-refractivity contribution in [2.24, 2.45) is 0 Å². The first-order valence-corrected chi connectivity index (χ1v) is 23.4. The first kappa shape index (κ1) is 49.2. The summed E-state index contributed by atoms with van der Waals surface area (Å²) in [4.78, 5) is 26.3.